The van der Waals surface area contributed by atoms with E-state index >= 15 is 0 Å². The molecule has 0 aliphatic heterocycles. The largest absolute Gasteiger partial charge is 0.481 e. The number of aliphatic carboxylic acids is 1. The van der Waals surface area contributed by atoms with Gasteiger partial charge in [0.1, 0.15) is 0 Å². The number of aromatic nitrogens is 4. The third kappa shape index (κ3) is 3.47. The third-order valence-corrected chi connectivity index (χ3v) is 4.01. The molecule has 0 atom stereocenters. The topological polar surface area (TPSA) is 113 Å². The van der Waals surface area contributed by atoms with Crippen molar-refractivity contribution in [3.05, 3.63) is 0 Å². The van der Waals surface area contributed by atoms with Crippen LogP contribution in [-0.4, -0.2) is 54.8 Å². The molecule has 0 aromatic carbocycles. The number of hydrogen-bond donors (Lipinski definition) is 2. The van der Waals surface area contributed by atoms with Crippen molar-refractivity contribution < 1.29 is 14.7 Å². The minimum Gasteiger partial charge on any atom is -0.481 e. The first kappa shape index (κ1) is 15.2. The Labute approximate surface area is 122 Å². The lowest BCUT2D eigenvalue weighted by atomic mass is 9.78. The van der Waals surface area contributed by atoms with Gasteiger partial charge >= 0.3 is 12.0 Å². The minimum absolute atomic E-state index is 0.0508. The van der Waals surface area contributed by atoms with E-state index < -0.39 is 17.5 Å². The molecule has 1 saturated carbocycles. The van der Waals surface area contributed by atoms with E-state index in [1.54, 1.807) is 14.1 Å². The highest BCUT2D eigenvalue weighted by atomic mass is 16.4. The van der Waals surface area contributed by atoms with Crippen LogP contribution in [0, 0.1) is 0 Å². The van der Waals surface area contributed by atoms with Gasteiger partial charge in [0.15, 0.2) is 0 Å². The Balaban J connectivity index is 2.11. The summed E-state index contributed by atoms with van der Waals surface area (Å²) in [6.07, 6.45) is 4.25. The zero-order valence-electron chi connectivity index (χ0n) is 12.2. The lowest BCUT2D eigenvalue weighted by molar-refractivity contribution is -0.140. The quantitative estimate of drug-likeness (QED) is 0.851. The van der Waals surface area contributed by atoms with Crippen molar-refractivity contribution >= 4 is 17.9 Å². The van der Waals surface area contributed by atoms with Gasteiger partial charge in [0.05, 0.1) is 19.0 Å². The number of amides is 2. The van der Waals surface area contributed by atoms with E-state index in [2.05, 4.69) is 20.7 Å². The smallest absolute Gasteiger partial charge is 0.324 e. The summed E-state index contributed by atoms with van der Waals surface area (Å²) in [6, 6.07) is -0.411. The van der Waals surface area contributed by atoms with E-state index in [-0.39, 0.29) is 12.4 Å². The van der Waals surface area contributed by atoms with Crippen LogP contribution in [0.5, 0.6) is 0 Å². The highest BCUT2D eigenvalue weighted by Crippen LogP contribution is 2.36. The van der Waals surface area contributed by atoms with Gasteiger partial charge in [-0.2, -0.15) is 4.80 Å². The molecule has 1 aliphatic carbocycles. The fraction of sp³-hybridized carbons (Fsp3) is 0.750. The first-order chi connectivity index (χ1) is 9.93. The molecule has 2 rings (SSSR count). The molecule has 0 bridgehead atoms. The summed E-state index contributed by atoms with van der Waals surface area (Å²) in [5.41, 5.74) is -0.642. The van der Waals surface area contributed by atoms with Gasteiger partial charge in [-0.05, 0) is 18.1 Å². The SMILES string of the molecule is CN(C(=O)Nc1nnn(C)n1)C1(CC(=O)O)CCCCC1. The Morgan fingerprint density at radius 1 is 1.38 bits per heavy atom. The van der Waals surface area contributed by atoms with E-state index in [0.29, 0.717) is 12.8 Å². The highest BCUT2D eigenvalue weighted by molar-refractivity contribution is 5.88. The Kier molecular flexibility index (Phi) is 4.39. The van der Waals surface area contributed by atoms with Crippen LogP contribution in [0.15, 0.2) is 0 Å². The Morgan fingerprint density at radius 3 is 2.57 bits per heavy atom. The average Bonchev–Trinajstić information content (AvgIpc) is 2.83. The Hall–Kier alpha value is -2.19. The maximum absolute atomic E-state index is 12.3. The molecule has 1 aromatic rings. The van der Waals surface area contributed by atoms with Crippen LogP contribution >= 0.6 is 0 Å². The number of carbonyl (C=O) groups excluding carboxylic acids is 1. The number of carboxylic acid groups (broad SMARTS) is 1. The molecule has 2 amide bonds. The number of nitrogens with zero attached hydrogens (tertiary/aromatic N) is 5. The molecule has 9 nitrogen and oxygen atoms in total. The van der Waals surface area contributed by atoms with Crippen molar-refractivity contribution in [1.82, 2.24) is 25.1 Å². The molecule has 2 N–H and O–H groups in total. The average molecular weight is 296 g/mol. The lowest BCUT2D eigenvalue weighted by Gasteiger charge is -2.43. The van der Waals surface area contributed by atoms with Crippen molar-refractivity contribution in [3.8, 4) is 0 Å². The molecule has 0 saturated heterocycles. The number of rotatable bonds is 4. The van der Waals surface area contributed by atoms with Crippen LogP contribution in [0.2, 0.25) is 0 Å². The molecule has 0 radical (unpaired) electrons. The molecule has 0 unspecified atom stereocenters. The second-order valence-electron chi connectivity index (χ2n) is 5.45. The molecule has 0 spiro atoms. The molecule has 1 aromatic heterocycles. The summed E-state index contributed by atoms with van der Waals surface area (Å²) in [7, 11) is 3.22. The zero-order chi connectivity index (χ0) is 15.5. The highest BCUT2D eigenvalue weighted by Gasteiger charge is 2.40. The number of nitrogens with one attached hydrogen (secondary N) is 1. The fourth-order valence-corrected chi connectivity index (χ4v) is 2.85. The van der Waals surface area contributed by atoms with Gasteiger partial charge in [0.2, 0.25) is 0 Å². The fourth-order valence-electron chi connectivity index (χ4n) is 2.85. The van der Waals surface area contributed by atoms with Crippen molar-refractivity contribution in [1.29, 1.82) is 0 Å². The third-order valence-electron chi connectivity index (χ3n) is 4.01. The van der Waals surface area contributed by atoms with Crippen LogP contribution in [0.4, 0.5) is 10.7 Å². The Bertz CT molecular complexity index is 523. The standard InChI is InChI=1S/C12H20N6O3/c1-17(11(21)13-10-14-16-18(2)15-10)12(8-9(19)20)6-4-3-5-7-12/h3-8H2,1-2H3,(H,19,20)(H,13,15,21). The molecule has 21 heavy (non-hydrogen) atoms. The van der Waals surface area contributed by atoms with Crippen molar-refractivity contribution in [2.75, 3.05) is 12.4 Å². The second-order valence-corrected chi connectivity index (χ2v) is 5.45. The molecule has 1 heterocycles. The lowest BCUT2D eigenvalue weighted by Crippen LogP contribution is -2.53. The minimum atomic E-state index is -0.894. The molecular formula is C12H20N6O3. The number of hydrogen-bond acceptors (Lipinski definition) is 5. The van der Waals surface area contributed by atoms with Crippen molar-refractivity contribution in [2.24, 2.45) is 7.05 Å². The summed E-state index contributed by atoms with van der Waals surface area (Å²) < 4.78 is 0. The van der Waals surface area contributed by atoms with E-state index in [0.717, 1.165) is 19.3 Å². The number of tetrazole rings is 1. The second kappa shape index (κ2) is 6.06. The van der Waals surface area contributed by atoms with E-state index in [1.807, 2.05) is 0 Å². The van der Waals surface area contributed by atoms with Gasteiger partial charge in [-0.25, -0.2) is 4.79 Å². The first-order valence-electron chi connectivity index (χ1n) is 6.93. The van der Waals surface area contributed by atoms with Gasteiger partial charge < -0.3 is 10.0 Å². The van der Waals surface area contributed by atoms with Gasteiger partial charge in [-0.1, -0.05) is 24.4 Å². The number of aryl methyl sites for hydroxylation is 1. The van der Waals surface area contributed by atoms with E-state index in [1.165, 1.54) is 9.70 Å². The normalized spacial score (nSPS) is 17.2. The molecule has 1 aliphatic rings. The predicted octanol–water partition coefficient (Wildman–Crippen LogP) is 0.851. The molecule has 116 valence electrons. The van der Waals surface area contributed by atoms with Crippen LogP contribution in [0.1, 0.15) is 38.5 Å². The van der Waals surface area contributed by atoms with Crippen molar-refractivity contribution in [3.63, 3.8) is 0 Å². The summed E-state index contributed by atoms with van der Waals surface area (Å²) in [6.45, 7) is 0. The van der Waals surface area contributed by atoms with Crippen LogP contribution in [-0.2, 0) is 11.8 Å². The van der Waals surface area contributed by atoms with Gasteiger partial charge in [-0.3, -0.25) is 10.1 Å². The van der Waals surface area contributed by atoms with Crippen LogP contribution in [0.3, 0.4) is 0 Å². The van der Waals surface area contributed by atoms with E-state index in [9.17, 15) is 9.59 Å². The van der Waals surface area contributed by atoms with Gasteiger partial charge in [0, 0.05) is 7.05 Å². The number of carboxylic acids is 1. The first-order valence-corrected chi connectivity index (χ1v) is 6.93. The van der Waals surface area contributed by atoms with Crippen LogP contribution in [0.25, 0.3) is 0 Å². The monoisotopic (exact) mass is 296 g/mol. The maximum Gasteiger partial charge on any atom is 0.324 e. The molecule has 9 heteroatoms. The van der Waals surface area contributed by atoms with Gasteiger partial charge in [0.25, 0.3) is 5.95 Å². The van der Waals surface area contributed by atoms with E-state index in [4.69, 9.17) is 5.11 Å². The van der Waals surface area contributed by atoms with Crippen LogP contribution < -0.4 is 5.32 Å². The number of anilines is 1. The Morgan fingerprint density at radius 2 is 2.05 bits per heavy atom. The summed E-state index contributed by atoms with van der Waals surface area (Å²) in [4.78, 5) is 26.2. The molecule has 1 fully saturated rings. The van der Waals surface area contributed by atoms with Crippen molar-refractivity contribution in [2.45, 2.75) is 44.1 Å². The zero-order valence-corrected chi connectivity index (χ0v) is 12.2. The summed E-state index contributed by atoms with van der Waals surface area (Å²) in [5, 5.41) is 22.9. The molecular weight excluding hydrogens is 276 g/mol. The van der Waals surface area contributed by atoms with Gasteiger partial charge in [-0.15, -0.1) is 5.10 Å². The predicted molar refractivity (Wildman–Crippen MR) is 73.6 cm³/mol. The summed E-state index contributed by atoms with van der Waals surface area (Å²) in [5.74, 6) is -0.787. The number of carbonyl (C=O) groups is 2. The number of urea groups is 1. The maximum atomic E-state index is 12.3. The summed E-state index contributed by atoms with van der Waals surface area (Å²) >= 11 is 0.